The number of hydrogen-bond acceptors (Lipinski definition) is 3. The highest BCUT2D eigenvalue weighted by atomic mass is 35.5. The normalized spacial score (nSPS) is 30.8. The molecule has 4 heteroatoms. The van der Waals surface area contributed by atoms with Gasteiger partial charge >= 0.3 is 0 Å². The molecule has 1 rings (SSSR count). The second kappa shape index (κ2) is 4.51. The molecule has 0 aliphatic carbocycles. The summed E-state index contributed by atoms with van der Waals surface area (Å²) in [5.74, 6) is 0. The smallest absolute Gasteiger partial charge is 0.0721 e. The summed E-state index contributed by atoms with van der Waals surface area (Å²) in [5.41, 5.74) is 5.52. The molecule has 58 valence electrons. The minimum absolute atomic E-state index is 0. The molecule has 1 aliphatic heterocycles. The Kier molecular flexibility index (Phi) is 4.37. The molecule has 10 heavy (non-hydrogen) atoms. The van der Waals surface area contributed by atoms with Gasteiger partial charge in [0.15, 0.2) is 0 Å². The van der Waals surface area contributed by atoms with Gasteiger partial charge < -0.3 is 10.5 Å². The van der Waals surface area contributed by atoms with Crippen molar-refractivity contribution >= 4 is 12.4 Å². The Hall–Kier alpha value is -0.300. The average molecular weight is 163 g/mol. The van der Waals surface area contributed by atoms with Gasteiger partial charge in [0.2, 0.25) is 0 Å². The van der Waals surface area contributed by atoms with E-state index < -0.39 is 0 Å². The molecule has 0 spiro atoms. The van der Waals surface area contributed by atoms with Crippen molar-refractivity contribution in [3.8, 4) is 6.07 Å². The molecule has 0 bridgehead atoms. The van der Waals surface area contributed by atoms with Crippen molar-refractivity contribution < 1.29 is 4.74 Å². The first-order chi connectivity index (χ1) is 4.33. The van der Waals surface area contributed by atoms with E-state index in [4.69, 9.17) is 15.7 Å². The molecule has 2 N–H and O–H groups in total. The molecule has 0 saturated carbocycles. The number of halogens is 1. The lowest BCUT2D eigenvalue weighted by molar-refractivity contribution is 0.113. The van der Waals surface area contributed by atoms with Gasteiger partial charge in [-0.15, -0.1) is 12.4 Å². The third kappa shape index (κ3) is 2.53. The van der Waals surface area contributed by atoms with E-state index in [9.17, 15) is 0 Å². The van der Waals surface area contributed by atoms with Crippen molar-refractivity contribution in [3.05, 3.63) is 0 Å². The predicted molar refractivity (Wildman–Crippen MR) is 39.8 cm³/mol. The van der Waals surface area contributed by atoms with Crippen LogP contribution in [0.15, 0.2) is 0 Å². The fourth-order valence-electron chi connectivity index (χ4n) is 0.978. The van der Waals surface area contributed by atoms with Crippen molar-refractivity contribution in [2.75, 3.05) is 6.61 Å². The van der Waals surface area contributed by atoms with E-state index in [0.29, 0.717) is 13.0 Å². The summed E-state index contributed by atoms with van der Waals surface area (Å²) in [6.07, 6.45) is 1.42. The van der Waals surface area contributed by atoms with Gasteiger partial charge in [0, 0.05) is 6.04 Å². The molecule has 0 amide bonds. The van der Waals surface area contributed by atoms with Gasteiger partial charge in [0.05, 0.1) is 25.2 Å². The van der Waals surface area contributed by atoms with E-state index in [1.807, 2.05) is 6.07 Å². The molecule has 1 heterocycles. The summed E-state index contributed by atoms with van der Waals surface area (Å²) in [7, 11) is 0. The quantitative estimate of drug-likeness (QED) is 0.609. The van der Waals surface area contributed by atoms with Gasteiger partial charge in [0.25, 0.3) is 0 Å². The first kappa shape index (κ1) is 9.70. The maximum atomic E-state index is 8.24. The molecular formula is C6H11ClN2O. The Labute approximate surface area is 66.6 Å². The maximum Gasteiger partial charge on any atom is 0.0721 e. The van der Waals surface area contributed by atoms with Gasteiger partial charge in [-0.1, -0.05) is 0 Å². The zero-order valence-electron chi connectivity index (χ0n) is 5.62. The lowest BCUT2D eigenvalue weighted by Crippen LogP contribution is -2.19. The minimum Gasteiger partial charge on any atom is -0.375 e. The molecule has 1 saturated heterocycles. The van der Waals surface area contributed by atoms with Crippen molar-refractivity contribution in [2.24, 2.45) is 5.73 Å². The van der Waals surface area contributed by atoms with Gasteiger partial charge in [-0.05, 0) is 6.42 Å². The number of nitrogens with two attached hydrogens (primary N) is 1. The van der Waals surface area contributed by atoms with Crippen LogP contribution in [0.4, 0.5) is 0 Å². The summed E-state index contributed by atoms with van der Waals surface area (Å²) in [5, 5.41) is 8.24. The van der Waals surface area contributed by atoms with E-state index in [-0.39, 0.29) is 24.6 Å². The van der Waals surface area contributed by atoms with Crippen molar-refractivity contribution in [1.82, 2.24) is 0 Å². The van der Waals surface area contributed by atoms with E-state index >= 15 is 0 Å². The van der Waals surface area contributed by atoms with Crippen LogP contribution in [-0.4, -0.2) is 18.8 Å². The van der Waals surface area contributed by atoms with Crippen LogP contribution in [-0.2, 0) is 4.74 Å². The fourth-order valence-corrected chi connectivity index (χ4v) is 0.978. The molecule has 1 fully saturated rings. The Bertz CT molecular complexity index is 134. The number of hydrogen-bond donors (Lipinski definition) is 1. The SMILES string of the molecule is Cl.N#CC[C@@H]1C[C@H](N)CO1. The summed E-state index contributed by atoms with van der Waals surface area (Å²) < 4.78 is 5.16. The highest BCUT2D eigenvalue weighted by molar-refractivity contribution is 5.85. The second-order valence-electron chi connectivity index (χ2n) is 2.31. The lowest BCUT2D eigenvalue weighted by atomic mass is 10.1. The molecule has 1 aliphatic rings. The first-order valence-corrected chi connectivity index (χ1v) is 3.07. The summed E-state index contributed by atoms with van der Waals surface area (Å²) in [6, 6.07) is 2.21. The van der Waals surface area contributed by atoms with E-state index in [2.05, 4.69) is 0 Å². The first-order valence-electron chi connectivity index (χ1n) is 3.07. The van der Waals surface area contributed by atoms with E-state index in [0.717, 1.165) is 6.42 Å². The average Bonchev–Trinajstić information content (AvgIpc) is 2.17. The molecule has 0 aromatic heterocycles. The Balaban J connectivity index is 0.000000810. The van der Waals surface area contributed by atoms with E-state index in [1.165, 1.54) is 0 Å². The van der Waals surface area contributed by atoms with Crippen molar-refractivity contribution in [3.63, 3.8) is 0 Å². The lowest BCUT2D eigenvalue weighted by Gasteiger charge is -1.99. The van der Waals surface area contributed by atoms with Crippen LogP contribution in [0.25, 0.3) is 0 Å². The number of rotatable bonds is 1. The minimum atomic E-state index is 0. The van der Waals surface area contributed by atoms with Gasteiger partial charge in [-0.2, -0.15) is 5.26 Å². The van der Waals surface area contributed by atoms with Crippen LogP contribution in [0.2, 0.25) is 0 Å². The molecule has 3 nitrogen and oxygen atoms in total. The molecule has 0 aromatic rings. The Morgan fingerprint density at radius 3 is 2.80 bits per heavy atom. The zero-order valence-corrected chi connectivity index (χ0v) is 6.43. The van der Waals surface area contributed by atoms with Crippen molar-refractivity contribution in [2.45, 2.75) is 25.0 Å². The van der Waals surface area contributed by atoms with Crippen LogP contribution in [0.5, 0.6) is 0 Å². The highest BCUT2D eigenvalue weighted by Crippen LogP contribution is 2.13. The van der Waals surface area contributed by atoms with Crippen molar-refractivity contribution in [1.29, 1.82) is 5.26 Å². The van der Waals surface area contributed by atoms with Gasteiger partial charge in [0.1, 0.15) is 0 Å². The van der Waals surface area contributed by atoms with Crippen LogP contribution in [0.3, 0.4) is 0 Å². The number of nitrogens with zero attached hydrogens (tertiary/aromatic N) is 1. The molecule has 0 unspecified atom stereocenters. The summed E-state index contributed by atoms with van der Waals surface area (Å²) in [4.78, 5) is 0. The zero-order chi connectivity index (χ0) is 6.69. The monoisotopic (exact) mass is 162 g/mol. The Morgan fingerprint density at radius 2 is 2.40 bits per heavy atom. The summed E-state index contributed by atoms with van der Waals surface area (Å²) in [6.45, 7) is 0.617. The highest BCUT2D eigenvalue weighted by Gasteiger charge is 2.21. The Morgan fingerprint density at radius 1 is 1.70 bits per heavy atom. The predicted octanol–water partition coefficient (Wildman–Crippen LogP) is 0.438. The van der Waals surface area contributed by atoms with Gasteiger partial charge in [-0.25, -0.2) is 0 Å². The van der Waals surface area contributed by atoms with Crippen LogP contribution < -0.4 is 5.73 Å². The van der Waals surface area contributed by atoms with Crippen LogP contribution in [0.1, 0.15) is 12.8 Å². The largest absolute Gasteiger partial charge is 0.375 e. The summed E-state index contributed by atoms with van der Waals surface area (Å²) >= 11 is 0. The van der Waals surface area contributed by atoms with Gasteiger partial charge in [-0.3, -0.25) is 0 Å². The maximum absolute atomic E-state index is 8.24. The fraction of sp³-hybridized carbons (Fsp3) is 0.833. The third-order valence-electron chi connectivity index (χ3n) is 1.43. The second-order valence-corrected chi connectivity index (χ2v) is 2.31. The topological polar surface area (TPSA) is 59.0 Å². The number of nitriles is 1. The molecular weight excluding hydrogens is 152 g/mol. The molecule has 0 radical (unpaired) electrons. The van der Waals surface area contributed by atoms with E-state index in [1.54, 1.807) is 0 Å². The number of ether oxygens (including phenoxy) is 1. The third-order valence-corrected chi connectivity index (χ3v) is 1.43. The van der Waals surface area contributed by atoms with Crippen LogP contribution in [0, 0.1) is 11.3 Å². The molecule has 2 atom stereocenters. The van der Waals surface area contributed by atoms with Crippen LogP contribution >= 0.6 is 12.4 Å². The standard InChI is InChI=1S/C6H10N2O.ClH/c7-2-1-6-3-5(8)4-9-6;/h5-6H,1,3-4,8H2;1H/t5-,6+;/m0./s1. The molecule has 0 aromatic carbocycles.